The van der Waals surface area contributed by atoms with Crippen LogP contribution in [0.4, 0.5) is 0 Å². The molecule has 2 N–H and O–H groups in total. The summed E-state index contributed by atoms with van der Waals surface area (Å²) in [6.07, 6.45) is 1.69. The molecule has 0 bridgehead atoms. The van der Waals surface area contributed by atoms with Crippen LogP contribution in [0.1, 0.15) is 15.9 Å². The molecule has 1 aromatic carbocycles. The van der Waals surface area contributed by atoms with Crippen LogP contribution in [0, 0.1) is 0 Å². The zero-order chi connectivity index (χ0) is 13.1. The van der Waals surface area contributed by atoms with Gasteiger partial charge in [-0.3, -0.25) is 9.79 Å². The van der Waals surface area contributed by atoms with Crippen LogP contribution in [0.3, 0.4) is 0 Å². The Labute approximate surface area is 106 Å². The highest BCUT2D eigenvalue weighted by Gasteiger charge is 2.20. The maximum Gasteiger partial charge on any atom is 0.248 e. The van der Waals surface area contributed by atoms with Crippen molar-refractivity contribution in [1.82, 2.24) is 4.90 Å². The summed E-state index contributed by atoms with van der Waals surface area (Å²) in [6.45, 7) is 4.95. The second-order valence-corrected chi connectivity index (χ2v) is 3.85. The molecule has 2 rings (SSSR count). The van der Waals surface area contributed by atoms with E-state index in [-0.39, 0.29) is 0 Å². The number of rotatable bonds is 2. The van der Waals surface area contributed by atoms with Gasteiger partial charge in [0.05, 0.1) is 12.1 Å². The molecule has 1 aliphatic rings. The molecule has 0 saturated heterocycles. The lowest BCUT2D eigenvalue weighted by Gasteiger charge is -2.18. The molecule has 94 valence electrons. The van der Waals surface area contributed by atoms with Crippen LogP contribution in [-0.2, 0) is 0 Å². The molecule has 18 heavy (non-hydrogen) atoms. The number of nitrogens with zero attached hydrogens (tertiary/aromatic N) is 2. The van der Waals surface area contributed by atoms with E-state index in [1.54, 1.807) is 31.4 Å². The Morgan fingerprint density at radius 3 is 3.00 bits per heavy atom. The highest BCUT2D eigenvalue weighted by molar-refractivity contribution is 6.04. The van der Waals surface area contributed by atoms with Crippen LogP contribution in [0.5, 0.6) is 5.75 Å². The molecule has 0 aromatic heterocycles. The Bertz CT molecular complexity index is 523. The summed E-state index contributed by atoms with van der Waals surface area (Å²) < 4.78 is 5.62. The summed E-state index contributed by atoms with van der Waals surface area (Å²) in [5, 5.41) is 0. The number of hydrogen-bond acceptors (Lipinski definition) is 3. The molecule has 0 aliphatic carbocycles. The van der Waals surface area contributed by atoms with Crippen molar-refractivity contribution in [2.24, 2.45) is 10.7 Å². The molecule has 0 spiro atoms. The maximum atomic E-state index is 11.2. The number of nitrogens with two attached hydrogens (primary N) is 1. The van der Waals surface area contributed by atoms with Crippen molar-refractivity contribution in [2.75, 3.05) is 20.2 Å². The fourth-order valence-corrected chi connectivity index (χ4v) is 1.93. The summed E-state index contributed by atoms with van der Waals surface area (Å²) in [5.41, 5.74) is 6.48. The van der Waals surface area contributed by atoms with Crippen molar-refractivity contribution in [2.45, 2.75) is 0 Å². The molecule has 0 atom stereocenters. The quantitative estimate of drug-likeness (QED) is 0.845. The molecule has 1 aromatic rings. The third kappa shape index (κ3) is 2.07. The number of carbonyl (C=O) groups excluding carboxylic acids is 1. The second kappa shape index (κ2) is 4.91. The van der Waals surface area contributed by atoms with Gasteiger partial charge >= 0.3 is 0 Å². The van der Waals surface area contributed by atoms with Crippen molar-refractivity contribution in [3.8, 4) is 5.75 Å². The van der Waals surface area contributed by atoms with E-state index >= 15 is 0 Å². The van der Waals surface area contributed by atoms with Crippen LogP contribution >= 0.6 is 0 Å². The molecule has 0 saturated carbocycles. The lowest BCUT2D eigenvalue weighted by atomic mass is 10.1. The summed E-state index contributed by atoms with van der Waals surface area (Å²) in [5.74, 6) is 0.952. The monoisotopic (exact) mass is 245 g/mol. The Morgan fingerprint density at radius 1 is 1.61 bits per heavy atom. The van der Waals surface area contributed by atoms with Crippen molar-refractivity contribution in [3.63, 3.8) is 0 Å². The summed E-state index contributed by atoms with van der Waals surface area (Å²) >= 11 is 0. The third-order valence-electron chi connectivity index (χ3n) is 2.80. The molecule has 1 heterocycles. The number of amidine groups is 1. The zero-order valence-electron chi connectivity index (χ0n) is 10.2. The Kier molecular flexibility index (Phi) is 3.32. The minimum atomic E-state index is -0.470. The van der Waals surface area contributed by atoms with Crippen molar-refractivity contribution in [1.29, 1.82) is 0 Å². The Balaban J connectivity index is 2.57. The summed E-state index contributed by atoms with van der Waals surface area (Å²) in [4.78, 5) is 17.4. The highest BCUT2D eigenvalue weighted by Crippen LogP contribution is 2.25. The van der Waals surface area contributed by atoms with Gasteiger partial charge < -0.3 is 15.4 Å². The zero-order valence-corrected chi connectivity index (χ0v) is 10.2. The third-order valence-corrected chi connectivity index (χ3v) is 2.80. The molecule has 0 unspecified atom stereocenters. The van der Waals surface area contributed by atoms with Crippen LogP contribution in [0.25, 0.3) is 0 Å². The van der Waals surface area contributed by atoms with Gasteiger partial charge in [0.2, 0.25) is 5.91 Å². The molecule has 0 radical (unpaired) electrons. The molecule has 5 heteroatoms. The normalized spacial score (nSPS) is 16.7. The number of primary amides is 1. The Hall–Kier alpha value is -2.30. The van der Waals surface area contributed by atoms with E-state index < -0.39 is 5.91 Å². The predicted octanol–water partition coefficient (Wildman–Crippen LogP) is 1.000. The van der Waals surface area contributed by atoms with E-state index in [0.29, 0.717) is 24.5 Å². The SMILES string of the molecule is C=CN1CCOc2ccc(C(N)=O)cc2C1=NC. The van der Waals surface area contributed by atoms with E-state index in [4.69, 9.17) is 10.5 Å². The number of aliphatic imine (C=N–C) groups is 1. The van der Waals surface area contributed by atoms with Crippen LogP contribution in [0.15, 0.2) is 36.0 Å². The number of amides is 1. The predicted molar refractivity (Wildman–Crippen MR) is 69.8 cm³/mol. The smallest absolute Gasteiger partial charge is 0.248 e. The lowest BCUT2D eigenvalue weighted by molar-refractivity contribution is 0.100. The van der Waals surface area contributed by atoms with E-state index in [2.05, 4.69) is 11.6 Å². The number of hydrogen-bond donors (Lipinski definition) is 1. The van der Waals surface area contributed by atoms with E-state index in [0.717, 1.165) is 11.4 Å². The van der Waals surface area contributed by atoms with Gasteiger partial charge in [-0.25, -0.2) is 0 Å². The maximum absolute atomic E-state index is 11.2. The number of carbonyl (C=O) groups is 1. The average Bonchev–Trinajstić information content (AvgIpc) is 2.55. The summed E-state index contributed by atoms with van der Waals surface area (Å²) in [6, 6.07) is 5.09. The summed E-state index contributed by atoms with van der Waals surface area (Å²) in [7, 11) is 1.69. The van der Waals surface area contributed by atoms with Crippen LogP contribution in [0.2, 0.25) is 0 Å². The van der Waals surface area contributed by atoms with Crippen LogP contribution in [-0.4, -0.2) is 36.8 Å². The van der Waals surface area contributed by atoms with E-state index in [1.807, 2.05) is 4.90 Å². The largest absolute Gasteiger partial charge is 0.491 e. The first-order valence-electron chi connectivity index (χ1n) is 5.60. The van der Waals surface area contributed by atoms with Crippen molar-refractivity contribution < 1.29 is 9.53 Å². The van der Waals surface area contributed by atoms with Crippen molar-refractivity contribution >= 4 is 11.7 Å². The van der Waals surface area contributed by atoms with Gasteiger partial charge in [0.1, 0.15) is 18.2 Å². The number of benzene rings is 1. The van der Waals surface area contributed by atoms with Gasteiger partial charge in [0.25, 0.3) is 0 Å². The average molecular weight is 245 g/mol. The Morgan fingerprint density at radius 2 is 2.39 bits per heavy atom. The highest BCUT2D eigenvalue weighted by atomic mass is 16.5. The van der Waals surface area contributed by atoms with Gasteiger partial charge in [-0.2, -0.15) is 0 Å². The molecule has 5 nitrogen and oxygen atoms in total. The van der Waals surface area contributed by atoms with Gasteiger partial charge in [0.15, 0.2) is 0 Å². The van der Waals surface area contributed by atoms with E-state index in [1.165, 1.54) is 0 Å². The van der Waals surface area contributed by atoms with E-state index in [9.17, 15) is 4.79 Å². The lowest BCUT2D eigenvalue weighted by Crippen LogP contribution is -2.27. The van der Waals surface area contributed by atoms with Crippen molar-refractivity contribution in [3.05, 3.63) is 42.1 Å². The van der Waals surface area contributed by atoms with Gasteiger partial charge in [-0.15, -0.1) is 0 Å². The molecular weight excluding hydrogens is 230 g/mol. The second-order valence-electron chi connectivity index (χ2n) is 3.85. The van der Waals surface area contributed by atoms with Gasteiger partial charge in [-0.05, 0) is 24.4 Å². The first-order valence-corrected chi connectivity index (χ1v) is 5.60. The van der Waals surface area contributed by atoms with Gasteiger partial charge in [-0.1, -0.05) is 6.58 Å². The molecular formula is C13H15N3O2. The first-order chi connectivity index (χ1) is 8.67. The minimum absolute atomic E-state index is 0.435. The van der Waals surface area contributed by atoms with Gasteiger partial charge in [0, 0.05) is 12.6 Å². The fourth-order valence-electron chi connectivity index (χ4n) is 1.93. The molecule has 1 aliphatic heterocycles. The fraction of sp³-hybridized carbons (Fsp3) is 0.231. The first kappa shape index (κ1) is 12.2. The van der Waals surface area contributed by atoms with Crippen LogP contribution < -0.4 is 10.5 Å². The topological polar surface area (TPSA) is 67.9 Å². The number of fused-ring (bicyclic) bond motifs is 1. The minimum Gasteiger partial charge on any atom is -0.491 e. The number of ether oxygens (including phenoxy) is 1. The standard InChI is InChI=1S/C13H15N3O2/c1-3-16-6-7-18-11-5-4-9(12(14)17)8-10(11)13(16)15-2/h3-5,8H,1,6-7H2,2H3,(H2,14,17). The molecule has 1 amide bonds. The molecule has 0 fully saturated rings.